The van der Waals surface area contributed by atoms with E-state index in [0.717, 1.165) is 12.1 Å². The highest BCUT2D eigenvalue weighted by Gasteiger charge is 2.17. The molecule has 2 aromatic heterocycles. The molecular formula is C23H18F2N6O. The van der Waals surface area contributed by atoms with Crippen LogP contribution in [-0.2, 0) is 0 Å². The Morgan fingerprint density at radius 1 is 0.781 bits per heavy atom. The van der Waals surface area contributed by atoms with Crippen molar-refractivity contribution in [3.63, 3.8) is 0 Å². The smallest absolute Gasteiger partial charge is 0.261 e. The molecule has 7 nitrogen and oxygen atoms in total. The van der Waals surface area contributed by atoms with Crippen LogP contribution in [0, 0.1) is 18.6 Å². The Kier molecular flexibility index (Phi) is 5.98. The van der Waals surface area contributed by atoms with Gasteiger partial charge in [-0.1, -0.05) is 12.1 Å². The fourth-order valence-corrected chi connectivity index (χ4v) is 2.96. The second kappa shape index (κ2) is 9.17. The van der Waals surface area contributed by atoms with Crippen molar-refractivity contribution >= 4 is 34.7 Å². The third-order valence-electron chi connectivity index (χ3n) is 4.36. The van der Waals surface area contributed by atoms with Gasteiger partial charge < -0.3 is 16.0 Å². The molecule has 0 bridgehead atoms. The van der Waals surface area contributed by atoms with Crippen LogP contribution in [0.2, 0.25) is 0 Å². The van der Waals surface area contributed by atoms with E-state index in [2.05, 4.69) is 30.9 Å². The number of aryl methyl sites for hydroxylation is 1. The number of rotatable bonds is 6. The van der Waals surface area contributed by atoms with Crippen molar-refractivity contribution in [3.05, 3.63) is 95.9 Å². The number of nitrogens with zero attached hydrogens (tertiary/aromatic N) is 3. The fourth-order valence-electron chi connectivity index (χ4n) is 2.96. The van der Waals surface area contributed by atoms with Gasteiger partial charge >= 0.3 is 0 Å². The minimum Gasteiger partial charge on any atom is -0.340 e. The standard InChI is InChI=1S/C23H18F2N6O/c1-14-27-20(13-21(28-14)31-19-7-2-3-12-26-19)29-15-8-10-16(11-9-15)30-23(32)22-17(24)5-4-6-18(22)25/h2-13H,1H3,(H,30,32)(H2,26,27,28,29,31). The first-order valence-corrected chi connectivity index (χ1v) is 9.64. The van der Waals surface area contributed by atoms with Gasteiger partial charge in [0.1, 0.15) is 40.5 Å². The molecule has 0 fully saturated rings. The number of amides is 1. The zero-order valence-corrected chi connectivity index (χ0v) is 16.9. The summed E-state index contributed by atoms with van der Waals surface area (Å²) in [5, 5.41) is 8.76. The summed E-state index contributed by atoms with van der Waals surface area (Å²) in [5.41, 5.74) is 0.459. The van der Waals surface area contributed by atoms with Gasteiger partial charge in [0.2, 0.25) is 0 Å². The van der Waals surface area contributed by atoms with Gasteiger partial charge in [-0.05, 0) is 55.5 Å². The molecule has 0 aliphatic rings. The molecule has 32 heavy (non-hydrogen) atoms. The highest BCUT2D eigenvalue weighted by atomic mass is 19.1. The quantitative estimate of drug-likeness (QED) is 0.388. The highest BCUT2D eigenvalue weighted by Crippen LogP contribution is 2.22. The number of hydrogen-bond donors (Lipinski definition) is 3. The summed E-state index contributed by atoms with van der Waals surface area (Å²) in [5.74, 6) is -0.356. The van der Waals surface area contributed by atoms with Crippen LogP contribution < -0.4 is 16.0 Å². The molecule has 0 aliphatic carbocycles. The lowest BCUT2D eigenvalue weighted by molar-refractivity contribution is 0.101. The first-order chi connectivity index (χ1) is 15.5. The summed E-state index contributed by atoms with van der Waals surface area (Å²) in [6.07, 6.45) is 1.68. The molecule has 160 valence electrons. The molecule has 0 spiro atoms. The summed E-state index contributed by atoms with van der Waals surface area (Å²) in [6.45, 7) is 1.77. The Bertz CT molecular complexity index is 1230. The summed E-state index contributed by atoms with van der Waals surface area (Å²) < 4.78 is 27.6. The number of pyridine rings is 1. The number of benzene rings is 2. The van der Waals surface area contributed by atoms with Crippen molar-refractivity contribution in [1.29, 1.82) is 0 Å². The van der Waals surface area contributed by atoms with E-state index < -0.39 is 23.1 Å². The summed E-state index contributed by atoms with van der Waals surface area (Å²) in [6, 6.07) is 17.1. The maximum atomic E-state index is 13.8. The second-order valence-corrected chi connectivity index (χ2v) is 6.78. The van der Waals surface area contributed by atoms with Crippen molar-refractivity contribution in [3.8, 4) is 0 Å². The SMILES string of the molecule is Cc1nc(Nc2ccc(NC(=O)c3c(F)cccc3F)cc2)cc(Nc2ccccn2)n1. The predicted molar refractivity (Wildman–Crippen MR) is 118 cm³/mol. The summed E-state index contributed by atoms with van der Waals surface area (Å²) >= 11 is 0. The molecule has 4 aromatic rings. The van der Waals surface area contributed by atoms with Gasteiger partial charge in [-0.25, -0.2) is 23.7 Å². The van der Waals surface area contributed by atoms with Crippen LogP contribution >= 0.6 is 0 Å². The predicted octanol–water partition coefficient (Wildman–Crippen LogP) is 5.20. The average molecular weight is 432 g/mol. The van der Waals surface area contributed by atoms with Gasteiger partial charge in [0.05, 0.1) is 0 Å². The maximum absolute atomic E-state index is 13.8. The Morgan fingerprint density at radius 3 is 2.09 bits per heavy atom. The number of aromatic nitrogens is 3. The third-order valence-corrected chi connectivity index (χ3v) is 4.36. The molecule has 9 heteroatoms. The Balaban J connectivity index is 1.45. The lowest BCUT2D eigenvalue weighted by Gasteiger charge is -2.11. The fraction of sp³-hybridized carbons (Fsp3) is 0.0435. The van der Waals surface area contributed by atoms with Crippen LogP contribution in [0.15, 0.2) is 72.9 Å². The minimum absolute atomic E-state index is 0.388. The van der Waals surface area contributed by atoms with Crippen molar-refractivity contribution in [2.24, 2.45) is 0 Å². The van der Waals surface area contributed by atoms with E-state index in [1.165, 1.54) is 6.07 Å². The molecule has 4 rings (SSSR count). The van der Waals surface area contributed by atoms with E-state index in [1.54, 1.807) is 43.5 Å². The zero-order chi connectivity index (χ0) is 22.5. The molecule has 0 saturated carbocycles. The van der Waals surface area contributed by atoms with Gasteiger partial charge in [-0.3, -0.25) is 4.79 Å². The molecule has 0 saturated heterocycles. The molecule has 0 aliphatic heterocycles. The van der Waals surface area contributed by atoms with Crippen LogP contribution in [0.1, 0.15) is 16.2 Å². The Labute approximate surface area is 182 Å². The van der Waals surface area contributed by atoms with Gasteiger partial charge in [-0.15, -0.1) is 0 Å². The van der Waals surface area contributed by atoms with E-state index in [9.17, 15) is 13.6 Å². The number of anilines is 5. The van der Waals surface area contributed by atoms with E-state index >= 15 is 0 Å². The van der Waals surface area contributed by atoms with Crippen LogP contribution in [-0.4, -0.2) is 20.9 Å². The molecule has 0 atom stereocenters. The molecule has 3 N–H and O–H groups in total. The molecule has 0 radical (unpaired) electrons. The van der Waals surface area contributed by atoms with Crippen molar-refractivity contribution < 1.29 is 13.6 Å². The first-order valence-electron chi connectivity index (χ1n) is 9.64. The number of halogens is 2. The second-order valence-electron chi connectivity index (χ2n) is 6.78. The number of hydrogen-bond acceptors (Lipinski definition) is 6. The van der Waals surface area contributed by atoms with Crippen LogP contribution in [0.25, 0.3) is 0 Å². The minimum atomic E-state index is -0.921. The zero-order valence-electron chi connectivity index (χ0n) is 16.9. The van der Waals surface area contributed by atoms with Gasteiger partial charge in [0.15, 0.2) is 0 Å². The van der Waals surface area contributed by atoms with Gasteiger partial charge in [-0.2, -0.15) is 0 Å². The maximum Gasteiger partial charge on any atom is 0.261 e. The molecule has 1 amide bonds. The molecule has 0 unspecified atom stereocenters. The lowest BCUT2D eigenvalue weighted by atomic mass is 10.1. The number of nitrogens with one attached hydrogen (secondary N) is 3. The van der Waals surface area contributed by atoms with Crippen molar-refractivity contribution in [2.75, 3.05) is 16.0 Å². The molecular weight excluding hydrogens is 414 g/mol. The number of carbonyl (C=O) groups is 1. The van der Waals surface area contributed by atoms with E-state index in [-0.39, 0.29) is 0 Å². The monoisotopic (exact) mass is 432 g/mol. The molecule has 2 aromatic carbocycles. The average Bonchev–Trinajstić information content (AvgIpc) is 2.75. The number of carbonyl (C=O) groups excluding carboxylic acids is 1. The van der Waals surface area contributed by atoms with Crippen LogP contribution in [0.5, 0.6) is 0 Å². The van der Waals surface area contributed by atoms with Gasteiger partial charge in [0, 0.05) is 23.6 Å². The van der Waals surface area contributed by atoms with Crippen molar-refractivity contribution in [2.45, 2.75) is 6.92 Å². The van der Waals surface area contributed by atoms with E-state index in [0.29, 0.717) is 34.7 Å². The van der Waals surface area contributed by atoms with Crippen LogP contribution in [0.3, 0.4) is 0 Å². The Hall–Kier alpha value is -4.40. The third kappa shape index (κ3) is 5.01. The Morgan fingerprint density at radius 2 is 1.44 bits per heavy atom. The van der Waals surface area contributed by atoms with Gasteiger partial charge in [0.25, 0.3) is 5.91 Å². The summed E-state index contributed by atoms with van der Waals surface area (Å²) in [4.78, 5) is 25.1. The first kappa shape index (κ1) is 20.9. The van der Waals surface area contributed by atoms with E-state index in [4.69, 9.17) is 0 Å². The topological polar surface area (TPSA) is 91.8 Å². The highest BCUT2D eigenvalue weighted by molar-refractivity contribution is 6.04. The van der Waals surface area contributed by atoms with Crippen molar-refractivity contribution in [1.82, 2.24) is 15.0 Å². The largest absolute Gasteiger partial charge is 0.340 e. The summed E-state index contributed by atoms with van der Waals surface area (Å²) in [7, 11) is 0. The molecule has 2 heterocycles. The normalized spacial score (nSPS) is 10.5. The van der Waals surface area contributed by atoms with Crippen LogP contribution in [0.4, 0.5) is 37.6 Å². The lowest BCUT2D eigenvalue weighted by Crippen LogP contribution is -2.15. The van der Waals surface area contributed by atoms with E-state index in [1.807, 2.05) is 18.2 Å².